The number of para-hydroxylation sites is 1. The summed E-state index contributed by atoms with van der Waals surface area (Å²) in [6, 6.07) is 12.9. The molecule has 102 valence electrons. The number of benzene rings is 2. The van der Waals surface area contributed by atoms with Crippen molar-refractivity contribution in [3.05, 3.63) is 70.6 Å². The number of halogens is 2. The molecule has 2 N–H and O–H groups in total. The highest BCUT2D eigenvalue weighted by molar-refractivity contribution is 6.30. The van der Waals surface area contributed by atoms with E-state index in [-0.39, 0.29) is 5.02 Å². The average molecular weight is 289 g/mol. The SMILES string of the molecule is NCc1cccc2ccn(Cc3ccc(F)c(Cl)c3)c12. The second-order valence-electron chi connectivity index (χ2n) is 4.75. The summed E-state index contributed by atoms with van der Waals surface area (Å²) in [6.45, 7) is 1.13. The van der Waals surface area contributed by atoms with Crippen LogP contribution in [0.4, 0.5) is 4.39 Å². The Hall–Kier alpha value is -1.84. The van der Waals surface area contributed by atoms with Gasteiger partial charge in [0, 0.05) is 19.3 Å². The molecular weight excluding hydrogens is 275 g/mol. The van der Waals surface area contributed by atoms with E-state index in [0.29, 0.717) is 13.1 Å². The number of nitrogens with two attached hydrogens (primary N) is 1. The molecule has 0 amide bonds. The van der Waals surface area contributed by atoms with Crippen LogP contribution in [-0.2, 0) is 13.1 Å². The maximum absolute atomic E-state index is 13.2. The molecule has 0 aliphatic rings. The van der Waals surface area contributed by atoms with Crippen molar-refractivity contribution in [2.75, 3.05) is 0 Å². The van der Waals surface area contributed by atoms with Crippen LogP contribution in [0.3, 0.4) is 0 Å². The fraction of sp³-hybridized carbons (Fsp3) is 0.125. The van der Waals surface area contributed by atoms with Gasteiger partial charge >= 0.3 is 0 Å². The van der Waals surface area contributed by atoms with E-state index in [9.17, 15) is 4.39 Å². The smallest absolute Gasteiger partial charge is 0.141 e. The normalized spacial score (nSPS) is 11.2. The van der Waals surface area contributed by atoms with Gasteiger partial charge in [-0.25, -0.2) is 4.39 Å². The first-order valence-electron chi connectivity index (χ1n) is 6.40. The number of fused-ring (bicyclic) bond motifs is 1. The summed E-state index contributed by atoms with van der Waals surface area (Å²) >= 11 is 5.83. The van der Waals surface area contributed by atoms with Crippen LogP contribution in [0, 0.1) is 5.82 Å². The Morgan fingerprint density at radius 3 is 2.75 bits per heavy atom. The molecule has 3 aromatic rings. The third-order valence-corrected chi connectivity index (χ3v) is 3.72. The zero-order valence-corrected chi connectivity index (χ0v) is 11.6. The van der Waals surface area contributed by atoms with Gasteiger partial charge in [-0.3, -0.25) is 0 Å². The minimum absolute atomic E-state index is 0.151. The Labute approximate surface area is 121 Å². The van der Waals surface area contributed by atoms with Crippen molar-refractivity contribution < 1.29 is 4.39 Å². The Kier molecular flexibility index (Phi) is 3.47. The first kappa shape index (κ1) is 13.2. The third-order valence-electron chi connectivity index (χ3n) is 3.43. The van der Waals surface area contributed by atoms with E-state index >= 15 is 0 Å². The molecule has 0 aliphatic carbocycles. The Bertz CT molecular complexity index is 764. The Morgan fingerprint density at radius 1 is 1.15 bits per heavy atom. The first-order chi connectivity index (χ1) is 9.69. The summed E-state index contributed by atoms with van der Waals surface area (Å²) in [5.41, 5.74) is 8.97. The van der Waals surface area contributed by atoms with Crippen LogP contribution in [0.15, 0.2) is 48.7 Å². The van der Waals surface area contributed by atoms with Gasteiger partial charge in [-0.15, -0.1) is 0 Å². The molecular formula is C16H14ClFN2. The van der Waals surface area contributed by atoms with Gasteiger partial charge in [-0.05, 0) is 34.7 Å². The summed E-state index contributed by atoms with van der Waals surface area (Å²) in [7, 11) is 0. The molecule has 0 aliphatic heterocycles. The summed E-state index contributed by atoms with van der Waals surface area (Å²) < 4.78 is 15.3. The molecule has 1 heterocycles. The predicted octanol–water partition coefficient (Wildman–Crippen LogP) is 3.94. The maximum Gasteiger partial charge on any atom is 0.141 e. The number of rotatable bonds is 3. The molecule has 20 heavy (non-hydrogen) atoms. The van der Waals surface area contributed by atoms with E-state index in [1.807, 2.05) is 18.3 Å². The lowest BCUT2D eigenvalue weighted by molar-refractivity contribution is 0.627. The highest BCUT2D eigenvalue weighted by Crippen LogP contribution is 2.22. The van der Waals surface area contributed by atoms with Crippen LogP contribution < -0.4 is 5.73 Å². The van der Waals surface area contributed by atoms with Gasteiger partial charge < -0.3 is 10.3 Å². The highest BCUT2D eigenvalue weighted by Gasteiger charge is 2.07. The van der Waals surface area contributed by atoms with E-state index in [1.165, 1.54) is 6.07 Å². The summed E-state index contributed by atoms with van der Waals surface area (Å²) in [6.07, 6.45) is 2.01. The standard InChI is InChI=1S/C16H14ClFN2/c17-14-8-11(4-5-15(14)18)10-20-7-6-12-2-1-3-13(9-19)16(12)20/h1-8H,9-10,19H2. The van der Waals surface area contributed by atoms with Gasteiger partial charge in [-0.1, -0.05) is 35.9 Å². The van der Waals surface area contributed by atoms with Crippen molar-refractivity contribution in [2.45, 2.75) is 13.1 Å². The molecule has 2 aromatic carbocycles. The van der Waals surface area contributed by atoms with Crippen molar-refractivity contribution in [1.29, 1.82) is 0 Å². The van der Waals surface area contributed by atoms with Gasteiger partial charge in [0.15, 0.2) is 0 Å². The fourth-order valence-corrected chi connectivity index (χ4v) is 2.68. The molecule has 0 saturated carbocycles. The predicted molar refractivity (Wildman–Crippen MR) is 80.3 cm³/mol. The quantitative estimate of drug-likeness (QED) is 0.777. The highest BCUT2D eigenvalue weighted by atomic mass is 35.5. The largest absolute Gasteiger partial charge is 0.343 e. The van der Waals surface area contributed by atoms with E-state index in [1.54, 1.807) is 12.1 Å². The minimum Gasteiger partial charge on any atom is -0.343 e. The molecule has 0 saturated heterocycles. The van der Waals surface area contributed by atoms with E-state index in [2.05, 4.69) is 16.7 Å². The van der Waals surface area contributed by atoms with Crippen LogP contribution in [-0.4, -0.2) is 4.57 Å². The lowest BCUT2D eigenvalue weighted by atomic mass is 10.1. The molecule has 2 nitrogen and oxygen atoms in total. The summed E-state index contributed by atoms with van der Waals surface area (Å²) in [5, 5.41) is 1.30. The van der Waals surface area contributed by atoms with Crippen molar-refractivity contribution in [3.63, 3.8) is 0 Å². The zero-order chi connectivity index (χ0) is 14.1. The first-order valence-corrected chi connectivity index (χ1v) is 6.77. The van der Waals surface area contributed by atoms with Crippen molar-refractivity contribution in [2.24, 2.45) is 5.73 Å². The molecule has 1 aromatic heterocycles. The van der Waals surface area contributed by atoms with Gasteiger partial charge in [0.1, 0.15) is 5.82 Å². The molecule has 4 heteroatoms. The lowest BCUT2D eigenvalue weighted by Gasteiger charge is -2.09. The monoisotopic (exact) mass is 288 g/mol. The van der Waals surface area contributed by atoms with E-state index < -0.39 is 5.82 Å². The Balaban J connectivity index is 2.04. The van der Waals surface area contributed by atoms with E-state index in [0.717, 1.165) is 22.0 Å². The fourth-order valence-electron chi connectivity index (χ4n) is 2.47. The average Bonchev–Trinajstić information content (AvgIpc) is 2.86. The zero-order valence-electron chi connectivity index (χ0n) is 10.8. The summed E-state index contributed by atoms with van der Waals surface area (Å²) in [4.78, 5) is 0. The topological polar surface area (TPSA) is 30.9 Å². The molecule has 0 radical (unpaired) electrons. The maximum atomic E-state index is 13.2. The number of nitrogens with zero attached hydrogens (tertiary/aromatic N) is 1. The number of aromatic nitrogens is 1. The van der Waals surface area contributed by atoms with Gasteiger partial charge in [-0.2, -0.15) is 0 Å². The second-order valence-corrected chi connectivity index (χ2v) is 5.16. The summed E-state index contributed by atoms with van der Waals surface area (Å²) in [5.74, 6) is -0.393. The van der Waals surface area contributed by atoms with Crippen LogP contribution in [0.25, 0.3) is 10.9 Å². The molecule has 0 spiro atoms. The van der Waals surface area contributed by atoms with Crippen LogP contribution in [0.2, 0.25) is 5.02 Å². The Morgan fingerprint density at radius 2 is 2.00 bits per heavy atom. The number of hydrogen-bond acceptors (Lipinski definition) is 1. The van der Waals surface area contributed by atoms with Gasteiger partial charge in [0.25, 0.3) is 0 Å². The van der Waals surface area contributed by atoms with Crippen molar-refractivity contribution >= 4 is 22.5 Å². The molecule has 0 bridgehead atoms. The molecule has 0 fully saturated rings. The van der Waals surface area contributed by atoms with Crippen LogP contribution >= 0.6 is 11.6 Å². The third kappa shape index (κ3) is 2.30. The minimum atomic E-state index is -0.393. The second kappa shape index (κ2) is 5.27. The lowest BCUT2D eigenvalue weighted by Crippen LogP contribution is -2.03. The van der Waals surface area contributed by atoms with Crippen molar-refractivity contribution in [3.8, 4) is 0 Å². The van der Waals surface area contributed by atoms with Crippen molar-refractivity contribution in [1.82, 2.24) is 4.57 Å². The van der Waals surface area contributed by atoms with Crippen LogP contribution in [0.5, 0.6) is 0 Å². The van der Waals surface area contributed by atoms with Gasteiger partial charge in [0.2, 0.25) is 0 Å². The molecule has 3 rings (SSSR count). The molecule has 0 atom stereocenters. The van der Waals surface area contributed by atoms with Gasteiger partial charge in [0.05, 0.1) is 10.5 Å². The number of hydrogen-bond donors (Lipinski definition) is 1. The van der Waals surface area contributed by atoms with Crippen LogP contribution in [0.1, 0.15) is 11.1 Å². The molecule has 0 unspecified atom stereocenters. The van der Waals surface area contributed by atoms with E-state index in [4.69, 9.17) is 17.3 Å².